The molecule has 0 saturated heterocycles. The summed E-state index contributed by atoms with van der Waals surface area (Å²) in [6.07, 6.45) is 0. The van der Waals surface area contributed by atoms with Gasteiger partial charge in [-0.15, -0.1) is 11.3 Å². The van der Waals surface area contributed by atoms with Crippen LogP contribution in [0.1, 0.15) is 22.2 Å². The molecule has 110 valence electrons. The lowest BCUT2D eigenvalue weighted by molar-refractivity contribution is 0.0697. The van der Waals surface area contributed by atoms with Gasteiger partial charge < -0.3 is 5.11 Å². The number of carboxylic acid groups (broad SMARTS) is 1. The van der Waals surface area contributed by atoms with E-state index in [1.54, 1.807) is 35.6 Å². The molecule has 0 amide bonds. The predicted molar refractivity (Wildman–Crippen MR) is 91.1 cm³/mol. The maximum Gasteiger partial charge on any atom is 0.335 e. The van der Waals surface area contributed by atoms with Gasteiger partial charge in [-0.05, 0) is 48.7 Å². The molecule has 2 N–H and O–H groups in total. The van der Waals surface area contributed by atoms with E-state index < -0.39 is 5.97 Å². The summed E-state index contributed by atoms with van der Waals surface area (Å²) in [7, 11) is 0. The van der Waals surface area contributed by atoms with Gasteiger partial charge >= 0.3 is 5.97 Å². The van der Waals surface area contributed by atoms with E-state index in [2.05, 4.69) is 28.7 Å². The van der Waals surface area contributed by atoms with Gasteiger partial charge in [0.1, 0.15) is 0 Å². The molecule has 0 aliphatic heterocycles. The number of thiophene rings is 1. The molecular formula is C17H14N2O2S. The van der Waals surface area contributed by atoms with Gasteiger partial charge in [0, 0.05) is 4.70 Å². The molecule has 0 aliphatic carbocycles. The van der Waals surface area contributed by atoms with Gasteiger partial charge in [0.05, 0.1) is 21.8 Å². The molecule has 0 bridgehead atoms. The highest BCUT2D eigenvalue weighted by molar-refractivity contribution is 7.20. The summed E-state index contributed by atoms with van der Waals surface area (Å²) in [5.41, 5.74) is 4.86. The Balaban J connectivity index is 1.77. The van der Waals surface area contributed by atoms with Crippen LogP contribution in [0.25, 0.3) is 10.1 Å². The second kappa shape index (κ2) is 5.99. The first-order valence-corrected chi connectivity index (χ1v) is 7.58. The summed E-state index contributed by atoms with van der Waals surface area (Å²) in [6, 6.07) is 16.8. The lowest BCUT2D eigenvalue weighted by atomic mass is 10.2. The van der Waals surface area contributed by atoms with Crippen molar-refractivity contribution in [3.63, 3.8) is 0 Å². The number of hydrogen-bond donors (Lipinski definition) is 2. The molecule has 5 heteroatoms. The number of carboxylic acids is 1. The van der Waals surface area contributed by atoms with Crippen molar-refractivity contribution in [2.75, 3.05) is 5.43 Å². The predicted octanol–water partition coefficient (Wildman–Crippen LogP) is 4.44. The van der Waals surface area contributed by atoms with Crippen LogP contribution in [0.5, 0.6) is 0 Å². The van der Waals surface area contributed by atoms with Crippen molar-refractivity contribution in [3.8, 4) is 0 Å². The summed E-state index contributed by atoms with van der Waals surface area (Å²) in [4.78, 5) is 11.9. The van der Waals surface area contributed by atoms with Gasteiger partial charge in [-0.1, -0.05) is 18.2 Å². The number of nitrogens with zero attached hydrogens (tertiary/aromatic N) is 1. The molecule has 22 heavy (non-hydrogen) atoms. The zero-order chi connectivity index (χ0) is 15.5. The fourth-order valence-electron chi connectivity index (χ4n) is 2.05. The molecule has 1 heterocycles. The molecule has 0 radical (unpaired) electrons. The zero-order valence-corrected chi connectivity index (χ0v) is 12.7. The lowest BCUT2D eigenvalue weighted by Crippen LogP contribution is -1.99. The summed E-state index contributed by atoms with van der Waals surface area (Å²) in [5, 5.41) is 14.4. The van der Waals surface area contributed by atoms with Crippen LogP contribution in [0.15, 0.2) is 59.7 Å². The number of anilines is 1. The SMILES string of the molecule is C/C(=N/Nc1ccc(C(=O)O)cc1)c1cc2ccccc2s1. The number of nitrogens with one attached hydrogen (secondary N) is 1. The fourth-order valence-corrected chi connectivity index (χ4v) is 3.06. The Labute approximate surface area is 131 Å². The number of carbonyl (C=O) groups is 1. The summed E-state index contributed by atoms with van der Waals surface area (Å²) < 4.78 is 1.23. The van der Waals surface area contributed by atoms with E-state index in [4.69, 9.17) is 5.11 Å². The van der Waals surface area contributed by atoms with Gasteiger partial charge in [0.15, 0.2) is 0 Å². The Morgan fingerprint density at radius 1 is 1.14 bits per heavy atom. The molecular weight excluding hydrogens is 296 g/mol. The summed E-state index contributed by atoms with van der Waals surface area (Å²) >= 11 is 1.70. The molecule has 4 nitrogen and oxygen atoms in total. The molecule has 1 aromatic heterocycles. The van der Waals surface area contributed by atoms with Crippen LogP contribution < -0.4 is 5.43 Å². The van der Waals surface area contributed by atoms with Gasteiger partial charge in [-0.2, -0.15) is 5.10 Å². The average Bonchev–Trinajstić information content (AvgIpc) is 2.97. The highest BCUT2D eigenvalue weighted by atomic mass is 32.1. The van der Waals surface area contributed by atoms with Crippen LogP contribution in [0, 0.1) is 0 Å². The lowest BCUT2D eigenvalue weighted by Gasteiger charge is -2.02. The quantitative estimate of drug-likeness (QED) is 0.553. The molecule has 2 aromatic carbocycles. The number of aromatic carboxylic acids is 1. The molecule has 0 spiro atoms. The minimum atomic E-state index is -0.934. The van der Waals surface area contributed by atoms with Crippen molar-refractivity contribution in [2.24, 2.45) is 5.10 Å². The average molecular weight is 310 g/mol. The standard InChI is InChI=1S/C17H14N2O2S/c1-11(16-10-13-4-2-3-5-15(13)22-16)18-19-14-8-6-12(7-9-14)17(20)21/h2-10,19H,1H3,(H,20,21)/b18-11-. The van der Waals surface area contributed by atoms with Gasteiger partial charge in [0.25, 0.3) is 0 Å². The Morgan fingerprint density at radius 2 is 1.86 bits per heavy atom. The van der Waals surface area contributed by atoms with E-state index in [9.17, 15) is 4.79 Å². The molecule has 0 saturated carbocycles. The van der Waals surface area contributed by atoms with Crippen molar-refractivity contribution in [2.45, 2.75) is 6.92 Å². The van der Waals surface area contributed by atoms with E-state index in [0.29, 0.717) is 0 Å². The third-order valence-corrected chi connectivity index (χ3v) is 4.49. The third kappa shape index (κ3) is 2.99. The van der Waals surface area contributed by atoms with E-state index in [-0.39, 0.29) is 5.56 Å². The van der Waals surface area contributed by atoms with Crippen molar-refractivity contribution < 1.29 is 9.90 Å². The highest BCUT2D eigenvalue weighted by Crippen LogP contribution is 2.25. The first-order chi connectivity index (χ1) is 10.6. The molecule has 0 fully saturated rings. The number of benzene rings is 2. The molecule has 3 aromatic rings. The second-order valence-corrected chi connectivity index (χ2v) is 5.92. The minimum Gasteiger partial charge on any atom is -0.478 e. The largest absolute Gasteiger partial charge is 0.478 e. The first kappa shape index (κ1) is 14.3. The van der Waals surface area contributed by atoms with E-state index >= 15 is 0 Å². The van der Waals surface area contributed by atoms with Crippen molar-refractivity contribution in [3.05, 3.63) is 65.0 Å². The van der Waals surface area contributed by atoms with Gasteiger partial charge in [-0.3, -0.25) is 5.43 Å². The Hall–Kier alpha value is -2.66. The molecule has 0 aliphatic rings. The van der Waals surface area contributed by atoms with Crippen LogP contribution >= 0.6 is 11.3 Å². The van der Waals surface area contributed by atoms with Crippen LogP contribution in [0.2, 0.25) is 0 Å². The minimum absolute atomic E-state index is 0.260. The Kier molecular flexibility index (Phi) is 3.89. The first-order valence-electron chi connectivity index (χ1n) is 6.76. The monoisotopic (exact) mass is 310 g/mol. The molecule has 0 unspecified atom stereocenters. The summed E-state index contributed by atoms with van der Waals surface area (Å²) in [6.45, 7) is 1.95. The van der Waals surface area contributed by atoms with E-state index in [1.807, 2.05) is 19.1 Å². The fraction of sp³-hybridized carbons (Fsp3) is 0.0588. The van der Waals surface area contributed by atoms with Crippen LogP contribution in [0.4, 0.5) is 5.69 Å². The second-order valence-electron chi connectivity index (χ2n) is 4.84. The maximum atomic E-state index is 10.8. The topological polar surface area (TPSA) is 61.7 Å². The van der Waals surface area contributed by atoms with Crippen molar-refractivity contribution in [1.29, 1.82) is 0 Å². The number of rotatable bonds is 4. The van der Waals surface area contributed by atoms with Gasteiger partial charge in [0.2, 0.25) is 0 Å². The highest BCUT2D eigenvalue weighted by Gasteiger charge is 2.04. The smallest absolute Gasteiger partial charge is 0.335 e. The molecule has 0 atom stereocenters. The van der Waals surface area contributed by atoms with E-state index in [1.165, 1.54) is 10.1 Å². The summed E-state index contributed by atoms with van der Waals surface area (Å²) in [5.74, 6) is -0.934. The van der Waals surface area contributed by atoms with Crippen LogP contribution in [-0.4, -0.2) is 16.8 Å². The third-order valence-electron chi connectivity index (χ3n) is 3.27. The van der Waals surface area contributed by atoms with Crippen molar-refractivity contribution in [1.82, 2.24) is 0 Å². The number of hydrogen-bond acceptors (Lipinski definition) is 4. The Bertz CT molecular complexity index is 817. The maximum absolute atomic E-state index is 10.8. The van der Waals surface area contributed by atoms with Crippen LogP contribution in [-0.2, 0) is 0 Å². The number of fused-ring (bicyclic) bond motifs is 1. The zero-order valence-electron chi connectivity index (χ0n) is 11.9. The van der Waals surface area contributed by atoms with Gasteiger partial charge in [-0.25, -0.2) is 4.79 Å². The number of hydrazone groups is 1. The van der Waals surface area contributed by atoms with E-state index in [0.717, 1.165) is 16.3 Å². The van der Waals surface area contributed by atoms with Crippen LogP contribution in [0.3, 0.4) is 0 Å². The van der Waals surface area contributed by atoms with Crippen molar-refractivity contribution >= 4 is 38.8 Å². The molecule has 3 rings (SSSR count). The normalized spacial score (nSPS) is 11.6. The Morgan fingerprint density at radius 3 is 2.55 bits per heavy atom.